The molecule has 26 heavy (non-hydrogen) atoms. The largest absolute Gasteiger partial charge is 0.417 e. The van der Waals surface area contributed by atoms with Crippen molar-refractivity contribution in [2.45, 2.75) is 38.9 Å². The van der Waals surface area contributed by atoms with Crippen LogP contribution in [0.4, 0.5) is 19.0 Å². The van der Waals surface area contributed by atoms with Gasteiger partial charge in [-0.3, -0.25) is 4.90 Å². The van der Waals surface area contributed by atoms with Crippen LogP contribution in [0.2, 0.25) is 0 Å². The lowest BCUT2D eigenvalue weighted by molar-refractivity contribution is -0.137. The number of halogens is 3. The van der Waals surface area contributed by atoms with Crippen LogP contribution < -0.4 is 4.90 Å². The van der Waals surface area contributed by atoms with Crippen LogP contribution in [-0.4, -0.2) is 46.2 Å². The van der Waals surface area contributed by atoms with Gasteiger partial charge >= 0.3 is 6.18 Å². The first-order chi connectivity index (χ1) is 12.3. The van der Waals surface area contributed by atoms with Crippen LogP contribution in [0.25, 0.3) is 0 Å². The van der Waals surface area contributed by atoms with Gasteiger partial charge in [0.2, 0.25) is 5.89 Å². The molecule has 3 heterocycles. The van der Waals surface area contributed by atoms with E-state index in [0.717, 1.165) is 38.3 Å². The smallest absolute Gasteiger partial charge is 0.355 e. The van der Waals surface area contributed by atoms with E-state index in [2.05, 4.69) is 20.0 Å². The van der Waals surface area contributed by atoms with E-state index in [1.54, 1.807) is 0 Å². The van der Waals surface area contributed by atoms with Crippen LogP contribution in [0, 0.1) is 0 Å². The van der Waals surface area contributed by atoms with Gasteiger partial charge in [0.15, 0.2) is 5.82 Å². The lowest BCUT2D eigenvalue weighted by Gasteiger charge is -2.22. The summed E-state index contributed by atoms with van der Waals surface area (Å²) in [6, 6.07) is 2.52. The number of hydrogen-bond donors (Lipinski definition) is 0. The molecule has 0 bridgehead atoms. The van der Waals surface area contributed by atoms with Crippen LogP contribution in [0.1, 0.15) is 43.5 Å². The number of anilines is 1. The molecule has 1 fully saturated rings. The zero-order valence-corrected chi connectivity index (χ0v) is 14.8. The highest BCUT2D eigenvalue weighted by Crippen LogP contribution is 2.29. The minimum Gasteiger partial charge on any atom is -0.355 e. The average Bonchev–Trinajstić information content (AvgIpc) is 2.93. The van der Waals surface area contributed by atoms with Crippen molar-refractivity contribution in [1.29, 1.82) is 0 Å². The number of hydrogen-bond acceptors (Lipinski definition) is 6. The lowest BCUT2D eigenvalue weighted by atomic mass is 10.2. The van der Waals surface area contributed by atoms with Crippen molar-refractivity contribution in [3.05, 3.63) is 35.6 Å². The van der Waals surface area contributed by atoms with E-state index in [1.807, 2.05) is 18.7 Å². The van der Waals surface area contributed by atoms with Crippen molar-refractivity contribution in [3.8, 4) is 0 Å². The SMILES string of the molecule is CC(C)c1noc(CN2CCCN(c3ccc(C(F)(F)F)cn3)CC2)n1. The molecule has 3 rings (SSSR count). The Labute approximate surface area is 150 Å². The highest BCUT2D eigenvalue weighted by Gasteiger charge is 2.31. The maximum absolute atomic E-state index is 12.7. The van der Waals surface area contributed by atoms with Crippen molar-refractivity contribution < 1.29 is 17.7 Å². The molecular weight excluding hydrogens is 347 g/mol. The van der Waals surface area contributed by atoms with E-state index < -0.39 is 11.7 Å². The van der Waals surface area contributed by atoms with Crippen LogP contribution in [-0.2, 0) is 12.7 Å². The van der Waals surface area contributed by atoms with Gasteiger partial charge in [-0.25, -0.2) is 4.98 Å². The Morgan fingerprint density at radius 2 is 1.96 bits per heavy atom. The number of aromatic nitrogens is 3. The molecule has 0 spiro atoms. The molecule has 0 atom stereocenters. The molecule has 1 saturated heterocycles. The molecule has 1 aliphatic heterocycles. The second-order valence-electron chi connectivity index (χ2n) is 6.72. The zero-order valence-electron chi connectivity index (χ0n) is 14.8. The van der Waals surface area contributed by atoms with Crippen LogP contribution in [0.5, 0.6) is 0 Å². The van der Waals surface area contributed by atoms with Gasteiger partial charge in [0.25, 0.3) is 0 Å². The van der Waals surface area contributed by atoms with Gasteiger partial charge in [-0.05, 0) is 18.6 Å². The van der Waals surface area contributed by atoms with Gasteiger partial charge in [-0.1, -0.05) is 19.0 Å². The van der Waals surface area contributed by atoms with Gasteiger partial charge in [0.1, 0.15) is 5.82 Å². The number of nitrogens with zero attached hydrogens (tertiary/aromatic N) is 5. The van der Waals surface area contributed by atoms with Gasteiger partial charge in [0, 0.05) is 38.3 Å². The Morgan fingerprint density at radius 3 is 2.58 bits per heavy atom. The summed E-state index contributed by atoms with van der Waals surface area (Å²) in [5.41, 5.74) is -0.727. The summed E-state index contributed by atoms with van der Waals surface area (Å²) in [6.45, 7) is 7.64. The average molecular weight is 369 g/mol. The van der Waals surface area contributed by atoms with Gasteiger partial charge in [-0.15, -0.1) is 0 Å². The molecule has 0 radical (unpaired) electrons. The van der Waals surface area contributed by atoms with Crippen LogP contribution >= 0.6 is 0 Å². The quantitative estimate of drug-likeness (QED) is 0.824. The predicted molar refractivity (Wildman–Crippen MR) is 89.7 cm³/mol. The Morgan fingerprint density at radius 1 is 1.15 bits per heavy atom. The highest BCUT2D eigenvalue weighted by molar-refractivity contribution is 5.40. The fourth-order valence-electron chi connectivity index (χ4n) is 2.86. The van der Waals surface area contributed by atoms with Gasteiger partial charge in [0.05, 0.1) is 12.1 Å². The first-order valence-corrected chi connectivity index (χ1v) is 8.66. The summed E-state index contributed by atoms with van der Waals surface area (Å²) in [6.07, 6.45) is -2.59. The van der Waals surface area contributed by atoms with Crippen LogP contribution in [0.15, 0.2) is 22.9 Å². The highest BCUT2D eigenvalue weighted by atomic mass is 19.4. The van der Waals surface area contributed by atoms with E-state index >= 15 is 0 Å². The standard InChI is InChI=1S/C17H22F3N5O/c1-12(2)16-22-15(26-23-16)11-24-6-3-7-25(9-8-24)14-5-4-13(10-21-14)17(18,19)20/h4-5,10,12H,3,6-9,11H2,1-2H3. The number of rotatable bonds is 4. The maximum atomic E-state index is 12.7. The summed E-state index contributed by atoms with van der Waals surface area (Å²) in [5.74, 6) is 2.08. The van der Waals surface area contributed by atoms with Crippen molar-refractivity contribution in [2.75, 3.05) is 31.1 Å². The molecule has 0 unspecified atom stereocenters. The second-order valence-corrected chi connectivity index (χ2v) is 6.72. The molecule has 0 amide bonds. The molecule has 1 aliphatic rings. The summed E-state index contributed by atoms with van der Waals surface area (Å²) in [5, 5.41) is 3.97. The first-order valence-electron chi connectivity index (χ1n) is 8.66. The molecule has 6 nitrogen and oxygen atoms in total. The third-order valence-corrected chi connectivity index (χ3v) is 4.35. The van der Waals surface area contributed by atoms with Crippen molar-refractivity contribution >= 4 is 5.82 Å². The lowest BCUT2D eigenvalue weighted by Crippen LogP contribution is -2.31. The summed E-state index contributed by atoms with van der Waals surface area (Å²) < 4.78 is 43.3. The molecule has 2 aromatic heterocycles. The minimum absolute atomic E-state index is 0.220. The van der Waals surface area contributed by atoms with Crippen molar-refractivity contribution in [3.63, 3.8) is 0 Å². The monoisotopic (exact) mass is 369 g/mol. The van der Waals surface area contributed by atoms with Crippen molar-refractivity contribution in [2.24, 2.45) is 0 Å². The summed E-state index contributed by atoms with van der Waals surface area (Å²) in [4.78, 5) is 12.6. The molecule has 142 valence electrons. The zero-order chi connectivity index (χ0) is 18.7. The molecule has 0 aromatic carbocycles. The normalized spacial score (nSPS) is 16.9. The molecule has 9 heteroatoms. The van der Waals surface area contributed by atoms with Crippen LogP contribution in [0.3, 0.4) is 0 Å². The topological polar surface area (TPSA) is 58.3 Å². The first kappa shape index (κ1) is 18.6. The van der Waals surface area contributed by atoms with E-state index in [1.165, 1.54) is 6.07 Å². The van der Waals surface area contributed by atoms with E-state index in [9.17, 15) is 13.2 Å². The fraction of sp³-hybridized carbons (Fsp3) is 0.588. The Kier molecular flexibility index (Phi) is 5.45. The molecule has 0 aliphatic carbocycles. The fourth-order valence-corrected chi connectivity index (χ4v) is 2.86. The number of alkyl halides is 3. The summed E-state index contributed by atoms with van der Waals surface area (Å²) in [7, 11) is 0. The third-order valence-electron chi connectivity index (χ3n) is 4.35. The van der Waals surface area contributed by atoms with E-state index in [-0.39, 0.29) is 5.92 Å². The summed E-state index contributed by atoms with van der Waals surface area (Å²) >= 11 is 0. The van der Waals surface area contributed by atoms with Gasteiger partial charge in [-0.2, -0.15) is 18.2 Å². The molecule has 0 saturated carbocycles. The Balaban J connectivity index is 1.59. The molecule has 0 N–H and O–H groups in total. The molecule has 2 aromatic rings. The minimum atomic E-state index is -4.36. The third kappa shape index (κ3) is 4.51. The second kappa shape index (κ2) is 7.61. The maximum Gasteiger partial charge on any atom is 0.417 e. The van der Waals surface area contributed by atoms with E-state index in [4.69, 9.17) is 4.52 Å². The Hall–Kier alpha value is -2.16. The van der Waals surface area contributed by atoms with Gasteiger partial charge < -0.3 is 9.42 Å². The molecular formula is C17H22F3N5O. The van der Waals surface area contributed by atoms with Crippen molar-refractivity contribution in [1.82, 2.24) is 20.0 Å². The van der Waals surface area contributed by atoms with E-state index in [0.29, 0.717) is 30.6 Å². The Bertz CT molecular complexity index is 714. The predicted octanol–water partition coefficient (Wildman–Crippen LogP) is 3.32. The number of pyridine rings is 1.